The number of hydrogen-bond donors (Lipinski definition) is 1. The zero-order chi connectivity index (χ0) is 13.5. The van der Waals surface area contributed by atoms with Gasteiger partial charge in [-0.25, -0.2) is 13.6 Å². The maximum Gasteiger partial charge on any atom is 0.408 e. The number of cyclic esters (lactones) is 1. The number of benzene rings is 2. The largest absolute Gasteiger partial charge is 0.443 e. The smallest absolute Gasteiger partial charge is 0.408 e. The zero-order valence-corrected chi connectivity index (χ0v) is 9.90. The summed E-state index contributed by atoms with van der Waals surface area (Å²) in [7, 11) is 0. The third-order valence-corrected chi connectivity index (χ3v) is 3.19. The Hall–Kier alpha value is -2.17. The summed E-state index contributed by atoms with van der Waals surface area (Å²) in [5, 5.41) is 4.00. The first-order valence-electron chi connectivity index (χ1n) is 5.86. The minimum Gasteiger partial charge on any atom is -0.443 e. The van der Waals surface area contributed by atoms with Gasteiger partial charge in [-0.2, -0.15) is 0 Å². The summed E-state index contributed by atoms with van der Waals surface area (Å²) in [4.78, 5) is 11.1. The summed E-state index contributed by atoms with van der Waals surface area (Å²) < 4.78 is 31.9. The molecule has 1 N–H and O–H groups in total. The molecule has 1 amide bonds. The van der Waals surface area contributed by atoms with Crippen molar-refractivity contribution in [3.63, 3.8) is 0 Å². The molecule has 98 valence electrons. The van der Waals surface area contributed by atoms with Gasteiger partial charge < -0.3 is 10.1 Å². The fraction of sp³-hybridized carbons (Fsp3) is 0.214. The van der Waals surface area contributed by atoms with E-state index in [1.165, 1.54) is 0 Å². The summed E-state index contributed by atoms with van der Waals surface area (Å²) in [6.07, 6.45) is -0.816. The summed E-state index contributed by atoms with van der Waals surface area (Å²) >= 11 is 0. The lowest BCUT2D eigenvalue weighted by atomic mass is 9.97. The molecule has 19 heavy (non-hydrogen) atoms. The van der Waals surface area contributed by atoms with Crippen LogP contribution in [-0.2, 0) is 4.74 Å². The highest BCUT2D eigenvalue weighted by atomic mass is 19.3. The molecule has 1 aliphatic rings. The molecular formula is C14H11F2NO2. The number of ether oxygens (including phenoxy) is 1. The van der Waals surface area contributed by atoms with E-state index >= 15 is 0 Å². The van der Waals surface area contributed by atoms with Gasteiger partial charge in [-0.3, -0.25) is 0 Å². The maximum atomic E-state index is 13.8. The lowest BCUT2D eigenvalue weighted by molar-refractivity contribution is -0.104. The quantitative estimate of drug-likeness (QED) is 0.857. The van der Waals surface area contributed by atoms with Crippen LogP contribution in [0.2, 0.25) is 0 Å². The number of hydrogen-bond acceptors (Lipinski definition) is 2. The molecular weight excluding hydrogens is 252 g/mol. The van der Waals surface area contributed by atoms with Crippen LogP contribution in [0, 0.1) is 0 Å². The van der Waals surface area contributed by atoms with E-state index in [4.69, 9.17) is 0 Å². The molecule has 0 radical (unpaired) electrons. The molecule has 0 aromatic heterocycles. The van der Waals surface area contributed by atoms with Crippen LogP contribution in [0.3, 0.4) is 0 Å². The van der Waals surface area contributed by atoms with Crippen LogP contribution in [0.1, 0.15) is 11.6 Å². The van der Waals surface area contributed by atoms with E-state index in [1.807, 2.05) is 24.3 Å². The molecule has 3 nitrogen and oxygen atoms in total. The minimum absolute atomic E-state index is 0.375. The number of nitrogens with one attached hydrogen (secondary N) is 1. The van der Waals surface area contributed by atoms with Gasteiger partial charge in [0.1, 0.15) is 6.04 Å². The number of carbonyl (C=O) groups is 1. The Bertz CT molecular complexity index is 642. The third-order valence-electron chi connectivity index (χ3n) is 3.19. The van der Waals surface area contributed by atoms with E-state index in [1.54, 1.807) is 18.2 Å². The van der Waals surface area contributed by atoms with Gasteiger partial charge in [0.25, 0.3) is 0 Å². The molecule has 2 aromatic rings. The van der Waals surface area contributed by atoms with Crippen LogP contribution in [0.15, 0.2) is 42.5 Å². The molecule has 0 bridgehead atoms. The van der Waals surface area contributed by atoms with Crippen LogP contribution in [0.25, 0.3) is 10.8 Å². The van der Waals surface area contributed by atoms with Crippen molar-refractivity contribution in [1.82, 2.24) is 5.32 Å². The van der Waals surface area contributed by atoms with Gasteiger partial charge in [-0.15, -0.1) is 0 Å². The predicted octanol–water partition coefficient (Wildman–Crippen LogP) is 3.26. The van der Waals surface area contributed by atoms with Crippen molar-refractivity contribution >= 4 is 16.9 Å². The van der Waals surface area contributed by atoms with E-state index in [9.17, 15) is 13.6 Å². The molecule has 0 spiro atoms. The van der Waals surface area contributed by atoms with Crippen molar-refractivity contribution in [2.24, 2.45) is 0 Å². The van der Waals surface area contributed by atoms with Gasteiger partial charge in [0, 0.05) is 0 Å². The van der Waals surface area contributed by atoms with Crippen molar-refractivity contribution < 1.29 is 18.3 Å². The van der Waals surface area contributed by atoms with Gasteiger partial charge in [-0.05, 0) is 22.4 Å². The molecule has 0 unspecified atom stereocenters. The van der Waals surface area contributed by atoms with Crippen molar-refractivity contribution in [2.75, 3.05) is 6.61 Å². The highest BCUT2D eigenvalue weighted by Crippen LogP contribution is 2.35. The fourth-order valence-electron chi connectivity index (χ4n) is 2.22. The number of carbonyl (C=O) groups excluding carboxylic acids is 1. The SMILES string of the molecule is O=C1N[C@@H](c2ccc3ccccc3c2)C(F)(F)CO1. The zero-order valence-electron chi connectivity index (χ0n) is 9.90. The van der Waals surface area contributed by atoms with Crippen LogP contribution in [0.5, 0.6) is 0 Å². The Morgan fingerprint density at radius 2 is 1.89 bits per heavy atom. The Kier molecular flexibility index (Phi) is 2.62. The minimum atomic E-state index is -3.11. The standard InChI is InChI=1S/C14H11F2NO2/c15-14(16)8-19-13(18)17-12(14)11-6-5-9-3-1-2-4-10(9)7-11/h1-7,12H,8H2,(H,17,18)/t12-/m0/s1. The van der Waals surface area contributed by atoms with Crippen LogP contribution >= 0.6 is 0 Å². The van der Waals surface area contributed by atoms with Gasteiger partial charge in [0.05, 0.1) is 0 Å². The Morgan fingerprint density at radius 3 is 2.68 bits per heavy atom. The monoisotopic (exact) mass is 263 g/mol. The second-order valence-corrected chi connectivity index (χ2v) is 4.52. The number of halogens is 2. The molecule has 0 aliphatic carbocycles. The molecule has 1 aliphatic heterocycles. The van der Waals surface area contributed by atoms with Crippen molar-refractivity contribution in [3.05, 3.63) is 48.0 Å². The first kappa shape index (κ1) is 11.9. The van der Waals surface area contributed by atoms with Crippen LogP contribution < -0.4 is 5.32 Å². The maximum absolute atomic E-state index is 13.8. The average Bonchev–Trinajstić information content (AvgIpc) is 2.41. The molecule has 3 rings (SSSR count). The lowest BCUT2D eigenvalue weighted by Gasteiger charge is -2.31. The summed E-state index contributed by atoms with van der Waals surface area (Å²) in [6, 6.07) is 11.2. The molecule has 1 atom stereocenters. The number of alkyl halides is 2. The normalized spacial score (nSPS) is 21.8. The number of alkyl carbamates (subject to hydrolysis) is 1. The molecule has 0 saturated carbocycles. The Balaban J connectivity index is 2.04. The third kappa shape index (κ3) is 2.12. The van der Waals surface area contributed by atoms with Gasteiger partial charge in [-0.1, -0.05) is 36.4 Å². The second kappa shape index (κ2) is 4.19. The molecule has 1 fully saturated rings. The van der Waals surface area contributed by atoms with E-state index in [0.29, 0.717) is 5.56 Å². The van der Waals surface area contributed by atoms with Crippen molar-refractivity contribution in [2.45, 2.75) is 12.0 Å². The van der Waals surface area contributed by atoms with Gasteiger partial charge in [0.15, 0.2) is 6.61 Å². The van der Waals surface area contributed by atoms with E-state index < -0.39 is 24.7 Å². The summed E-state index contributed by atoms with van der Waals surface area (Å²) in [5.74, 6) is -3.11. The van der Waals surface area contributed by atoms with Gasteiger partial charge >= 0.3 is 12.0 Å². The van der Waals surface area contributed by atoms with Crippen molar-refractivity contribution in [1.29, 1.82) is 0 Å². The van der Waals surface area contributed by atoms with E-state index in [-0.39, 0.29) is 0 Å². The Labute approximate surface area is 108 Å². The molecule has 1 heterocycles. The highest BCUT2D eigenvalue weighted by Gasteiger charge is 2.46. The van der Waals surface area contributed by atoms with E-state index in [0.717, 1.165) is 10.8 Å². The van der Waals surface area contributed by atoms with Crippen LogP contribution in [-0.4, -0.2) is 18.6 Å². The first-order chi connectivity index (χ1) is 9.06. The lowest BCUT2D eigenvalue weighted by Crippen LogP contribution is -2.49. The second-order valence-electron chi connectivity index (χ2n) is 4.52. The number of amides is 1. The highest BCUT2D eigenvalue weighted by molar-refractivity contribution is 5.83. The molecule has 1 saturated heterocycles. The molecule has 5 heteroatoms. The van der Waals surface area contributed by atoms with Crippen LogP contribution in [0.4, 0.5) is 13.6 Å². The number of rotatable bonds is 1. The topological polar surface area (TPSA) is 38.3 Å². The predicted molar refractivity (Wildman–Crippen MR) is 66.1 cm³/mol. The number of fused-ring (bicyclic) bond motifs is 1. The van der Waals surface area contributed by atoms with Crippen molar-refractivity contribution in [3.8, 4) is 0 Å². The first-order valence-corrected chi connectivity index (χ1v) is 5.86. The average molecular weight is 263 g/mol. The van der Waals surface area contributed by atoms with Gasteiger partial charge in [0.2, 0.25) is 0 Å². The summed E-state index contributed by atoms with van der Waals surface area (Å²) in [5.41, 5.74) is 0.375. The fourth-order valence-corrected chi connectivity index (χ4v) is 2.22. The van der Waals surface area contributed by atoms with E-state index in [2.05, 4.69) is 10.1 Å². The Morgan fingerprint density at radius 1 is 1.16 bits per heavy atom. The molecule has 2 aromatic carbocycles. The summed E-state index contributed by atoms with van der Waals surface area (Å²) in [6.45, 7) is -0.893.